The number of nitrogens with one attached hydrogen (secondary N) is 1. The molecule has 0 aliphatic carbocycles. The van der Waals surface area contributed by atoms with Gasteiger partial charge in [0, 0.05) is 38.3 Å². The van der Waals surface area contributed by atoms with Gasteiger partial charge in [0.1, 0.15) is 10.6 Å². The second kappa shape index (κ2) is 6.27. The van der Waals surface area contributed by atoms with Gasteiger partial charge in [-0.1, -0.05) is 5.16 Å². The molecule has 0 amide bonds. The van der Waals surface area contributed by atoms with Crippen LogP contribution in [0, 0.1) is 13.8 Å². The molecule has 1 saturated heterocycles. The molecular formula is C14H26N4O3S. The highest BCUT2D eigenvalue weighted by molar-refractivity contribution is 7.89. The fraction of sp³-hybridized carbons (Fsp3) is 0.786. The van der Waals surface area contributed by atoms with Crippen molar-refractivity contribution in [3.05, 3.63) is 11.5 Å². The van der Waals surface area contributed by atoms with E-state index < -0.39 is 10.0 Å². The number of aromatic nitrogens is 1. The van der Waals surface area contributed by atoms with Gasteiger partial charge in [0.25, 0.3) is 0 Å². The molecule has 0 unspecified atom stereocenters. The number of hydrogen-bond donors (Lipinski definition) is 1. The van der Waals surface area contributed by atoms with Gasteiger partial charge in [-0.15, -0.1) is 0 Å². The van der Waals surface area contributed by atoms with Crippen molar-refractivity contribution in [2.75, 3.05) is 39.8 Å². The monoisotopic (exact) mass is 330 g/mol. The Hall–Kier alpha value is -0.960. The standard InChI is InChI=1S/C14H26N4O3S/c1-11-13(12(2)21-16-11)22(19,20)15-10-14(3,4)18-8-6-17(5)7-9-18/h15H,6-10H2,1-5H3. The number of nitrogens with zero attached hydrogens (tertiary/aromatic N) is 3. The quantitative estimate of drug-likeness (QED) is 0.851. The molecule has 0 spiro atoms. The Labute approximate surface area is 132 Å². The Balaban J connectivity index is 2.05. The molecule has 1 aromatic rings. The van der Waals surface area contributed by atoms with Crippen molar-refractivity contribution in [1.82, 2.24) is 19.7 Å². The lowest BCUT2D eigenvalue weighted by atomic mass is 10.0. The lowest BCUT2D eigenvalue weighted by Crippen LogP contribution is -2.57. The predicted octanol–water partition coefficient (Wildman–Crippen LogP) is 0.596. The van der Waals surface area contributed by atoms with Crippen LogP contribution in [0.5, 0.6) is 0 Å². The van der Waals surface area contributed by atoms with E-state index in [0.29, 0.717) is 18.0 Å². The topological polar surface area (TPSA) is 78.7 Å². The molecule has 0 bridgehead atoms. The summed E-state index contributed by atoms with van der Waals surface area (Å²) >= 11 is 0. The summed E-state index contributed by atoms with van der Waals surface area (Å²) in [6, 6.07) is 0. The molecule has 1 aliphatic rings. The molecule has 0 saturated carbocycles. The Bertz CT molecular complexity index is 597. The van der Waals surface area contributed by atoms with Crippen LogP contribution in [-0.2, 0) is 10.0 Å². The van der Waals surface area contributed by atoms with Crippen LogP contribution in [0.3, 0.4) is 0 Å². The third-order valence-electron chi connectivity index (χ3n) is 4.29. The Morgan fingerprint density at radius 1 is 1.23 bits per heavy atom. The number of hydrogen-bond acceptors (Lipinski definition) is 6. The van der Waals surface area contributed by atoms with Crippen molar-refractivity contribution < 1.29 is 12.9 Å². The first-order valence-corrected chi connectivity index (χ1v) is 8.98. The largest absolute Gasteiger partial charge is 0.360 e. The smallest absolute Gasteiger partial charge is 0.246 e. The second-order valence-corrected chi connectivity index (χ2v) is 8.28. The summed E-state index contributed by atoms with van der Waals surface area (Å²) in [5.74, 6) is 0.322. The molecule has 0 radical (unpaired) electrons. The zero-order chi connectivity index (χ0) is 16.5. The molecule has 1 aliphatic heterocycles. The Morgan fingerprint density at radius 3 is 2.32 bits per heavy atom. The lowest BCUT2D eigenvalue weighted by Gasteiger charge is -2.43. The van der Waals surface area contributed by atoms with E-state index in [9.17, 15) is 8.42 Å². The number of piperazine rings is 1. The van der Waals surface area contributed by atoms with Gasteiger partial charge in [-0.25, -0.2) is 13.1 Å². The third-order valence-corrected chi connectivity index (χ3v) is 5.94. The van der Waals surface area contributed by atoms with E-state index >= 15 is 0 Å². The van der Waals surface area contributed by atoms with Crippen LogP contribution < -0.4 is 4.72 Å². The maximum absolute atomic E-state index is 12.5. The van der Waals surface area contributed by atoms with E-state index in [1.807, 2.05) is 0 Å². The molecule has 126 valence electrons. The zero-order valence-electron chi connectivity index (χ0n) is 14.0. The van der Waals surface area contributed by atoms with E-state index in [4.69, 9.17) is 4.52 Å². The first kappa shape index (κ1) is 17.4. The molecule has 1 fully saturated rings. The molecule has 2 heterocycles. The van der Waals surface area contributed by atoms with E-state index in [1.54, 1.807) is 13.8 Å². The van der Waals surface area contributed by atoms with Crippen LogP contribution in [0.15, 0.2) is 9.42 Å². The predicted molar refractivity (Wildman–Crippen MR) is 84.3 cm³/mol. The minimum absolute atomic E-state index is 0.154. The van der Waals surface area contributed by atoms with Crippen molar-refractivity contribution in [3.63, 3.8) is 0 Å². The maximum atomic E-state index is 12.5. The summed E-state index contributed by atoms with van der Waals surface area (Å²) in [6.07, 6.45) is 0. The summed E-state index contributed by atoms with van der Waals surface area (Å²) in [6.45, 7) is 11.6. The van der Waals surface area contributed by atoms with Gasteiger partial charge in [-0.05, 0) is 34.7 Å². The van der Waals surface area contributed by atoms with Gasteiger partial charge < -0.3 is 9.42 Å². The van der Waals surface area contributed by atoms with E-state index in [2.05, 4.69) is 40.6 Å². The van der Waals surface area contributed by atoms with Crippen molar-refractivity contribution >= 4 is 10.0 Å². The summed E-state index contributed by atoms with van der Waals surface area (Å²) in [5, 5.41) is 3.71. The summed E-state index contributed by atoms with van der Waals surface area (Å²) < 4.78 is 32.6. The second-order valence-electron chi connectivity index (χ2n) is 6.58. The molecule has 8 heteroatoms. The number of aryl methyl sites for hydroxylation is 2. The highest BCUT2D eigenvalue weighted by Crippen LogP contribution is 2.21. The number of likely N-dealkylation sites (N-methyl/N-ethyl adjacent to an activating group) is 1. The summed E-state index contributed by atoms with van der Waals surface area (Å²) in [4.78, 5) is 4.75. The van der Waals surface area contributed by atoms with Crippen LogP contribution >= 0.6 is 0 Å². The van der Waals surface area contributed by atoms with Gasteiger partial charge >= 0.3 is 0 Å². The molecule has 0 atom stereocenters. The van der Waals surface area contributed by atoms with Crippen molar-refractivity contribution in [2.24, 2.45) is 0 Å². The van der Waals surface area contributed by atoms with Gasteiger partial charge in [-0.3, -0.25) is 4.90 Å². The molecule has 22 heavy (non-hydrogen) atoms. The minimum Gasteiger partial charge on any atom is -0.360 e. The highest BCUT2D eigenvalue weighted by Gasteiger charge is 2.32. The zero-order valence-corrected chi connectivity index (χ0v) is 14.8. The number of sulfonamides is 1. The van der Waals surface area contributed by atoms with Crippen molar-refractivity contribution in [1.29, 1.82) is 0 Å². The lowest BCUT2D eigenvalue weighted by molar-refractivity contribution is 0.0652. The maximum Gasteiger partial charge on any atom is 0.246 e. The minimum atomic E-state index is -3.60. The number of rotatable bonds is 5. The molecular weight excluding hydrogens is 304 g/mol. The molecule has 0 aromatic carbocycles. The summed E-state index contributed by atoms with van der Waals surface area (Å²) in [7, 11) is -1.50. The average Bonchev–Trinajstić information content (AvgIpc) is 2.77. The van der Waals surface area contributed by atoms with Gasteiger partial charge in [0.15, 0.2) is 5.76 Å². The fourth-order valence-electron chi connectivity index (χ4n) is 2.73. The van der Waals surface area contributed by atoms with Crippen molar-refractivity contribution in [3.8, 4) is 0 Å². The van der Waals surface area contributed by atoms with Crippen LogP contribution in [0.2, 0.25) is 0 Å². The van der Waals surface area contributed by atoms with Crippen molar-refractivity contribution in [2.45, 2.75) is 38.1 Å². The molecule has 1 aromatic heterocycles. The van der Waals surface area contributed by atoms with E-state index in [1.165, 1.54) is 0 Å². The SMILES string of the molecule is Cc1noc(C)c1S(=O)(=O)NCC(C)(C)N1CCN(C)CC1. The molecule has 2 rings (SSSR count). The van der Waals surface area contributed by atoms with Gasteiger partial charge in [0.05, 0.1) is 0 Å². The average molecular weight is 330 g/mol. The van der Waals surface area contributed by atoms with Crippen LogP contribution in [0.25, 0.3) is 0 Å². The van der Waals surface area contributed by atoms with Gasteiger partial charge in [0.2, 0.25) is 10.0 Å². The van der Waals surface area contributed by atoms with E-state index in [0.717, 1.165) is 26.2 Å². The molecule has 1 N–H and O–H groups in total. The summed E-state index contributed by atoms with van der Waals surface area (Å²) in [5.41, 5.74) is 0.148. The first-order valence-electron chi connectivity index (χ1n) is 7.49. The normalized spacial score (nSPS) is 18.8. The Kier molecular flexibility index (Phi) is 4.96. The van der Waals surface area contributed by atoms with Gasteiger partial charge in [-0.2, -0.15) is 0 Å². The third kappa shape index (κ3) is 3.68. The van der Waals surface area contributed by atoms with E-state index in [-0.39, 0.29) is 10.4 Å². The highest BCUT2D eigenvalue weighted by atomic mass is 32.2. The van der Waals surface area contributed by atoms with Crippen LogP contribution in [0.1, 0.15) is 25.3 Å². The van der Waals surface area contributed by atoms with Crippen LogP contribution in [-0.4, -0.2) is 68.7 Å². The first-order chi connectivity index (χ1) is 10.1. The fourth-order valence-corrected chi connectivity index (χ4v) is 4.26. The van der Waals surface area contributed by atoms with Crippen LogP contribution in [0.4, 0.5) is 0 Å². The Morgan fingerprint density at radius 2 is 1.82 bits per heavy atom. The molecule has 7 nitrogen and oxygen atoms in total.